The van der Waals surface area contributed by atoms with E-state index in [2.05, 4.69) is 70.3 Å². The minimum atomic E-state index is -1.44. The number of carbonyl (C=O) groups excluding carboxylic acids is 1. The van der Waals surface area contributed by atoms with Crippen LogP contribution in [0, 0.1) is 0 Å². The molecule has 0 N–H and O–H groups in total. The van der Waals surface area contributed by atoms with Gasteiger partial charge in [0.15, 0.2) is 0 Å². The van der Waals surface area contributed by atoms with Crippen molar-refractivity contribution in [2.24, 2.45) is 0 Å². The fourth-order valence-electron chi connectivity index (χ4n) is 0.742. The van der Waals surface area contributed by atoms with Crippen LogP contribution in [0.2, 0.25) is 6.55 Å². The highest BCUT2D eigenvalue weighted by Crippen LogP contribution is 2.28. The summed E-state index contributed by atoms with van der Waals surface area (Å²) in [6.45, 7) is 3.87. The molecule has 6 heteroatoms. The Bertz CT molecular complexity index is 183. The van der Waals surface area contributed by atoms with Crippen LogP contribution < -0.4 is 0 Å². The molecule has 13 heavy (non-hydrogen) atoms. The molecule has 0 aliphatic carbocycles. The average molecular weight is 460 g/mol. The minimum Gasteiger partial charge on any atom is -0.299 e. The number of carbonyl (C=O) groups is 1. The summed E-state index contributed by atoms with van der Waals surface area (Å²) in [5, 5.41) is 0. The van der Waals surface area contributed by atoms with E-state index in [1.807, 2.05) is 0 Å². The molecule has 1 nitrogen and oxygen atoms in total. The first-order valence-electron chi connectivity index (χ1n) is 3.79. The number of hydrogen-bond donors (Lipinski definition) is 0. The van der Waals surface area contributed by atoms with Crippen LogP contribution in [0.1, 0.15) is 6.92 Å². The zero-order valence-electron chi connectivity index (χ0n) is 7.49. The molecule has 0 bridgehead atoms. The second-order valence-electron chi connectivity index (χ2n) is 3.34. The van der Waals surface area contributed by atoms with E-state index in [9.17, 15) is 4.79 Å². The van der Waals surface area contributed by atoms with E-state index in [4.69, 9.17) is 0 Å². The number of rotatable bonds is 5. The molecule has 78 valence electrons. The second kappa shape index (κ2) is 6.40. The summed E-state index contributed by atoms with van der Waals surface area (Å²) < 4.78 is 0.260. The normalized spacial score (nSPS) is 16.8. The zero-order valence-corrected chi connectivity index (χ0v) is 14.8. The number of hydrogen-bond acceptors (Lipinski definition) is 1. The van der Waals surface area contributed by atoms with E-state index in [1.165, 1.54) is 0 Å². The average Bonchev–Trinajstić information content (AvgIpc) is 2.14. The van der Waals surface area contributed by atoms with Crippen LogP contribution in [-0.2, 0) is 4.79 Å². The van der Waals surface area contributed by atoms with E-state index in [0.717, 1.165) is 9.91 Å². The van der Waals surface area contributed by atoms with Crippen LogP contribution in [0.4, 0.5) is 0 Å². The van der Waals surface area contributed by atoms with Gasteiger partial charge in [0.25, 0.3) is 0 Å². The molecular formula is C7H12Br4OSi. The van der Waals surface area contributed by atoms with Crippen LogP contribution in [-0.4, -0.2) is 33.0 Å². The van der Waals surface area contributed by atoms with Crippen molar-refractivity contribution in [3.05, 3.63) is 0 Å². The lowest BCUT2D eigenvalue weighted by Crippen LogP contribution is -2.51. The molecule has 0 fully saturated rings. The van der Waals surface area contributed by atoms with Crippen LogP contribution in [0.5, 0.6) is 0 Å². The van der Waals surface area contributed by atoms with E-state index >= 15 is 0 Å². The molecule has 0 saturated heterocycles. The number of halogens is 4. The lowest BCUT2D eigenvalue weighted by atomic mass is 10.3. The summed E-state index contributed by atoms with van der Waals surface area (Å²) in [5.41, 5.74) is 0. The first kappa shape index (κ1) is 14.8. The molecule has 2 unspecified atom stereocenters. The Morgan fingerprint density at radius 2 is 1.69 bits per heavy atom. The molecule has 0 aromatic rings. The Morgan fingerprint density at radius 1 is 1.31 bits per heavy atom. The highest BCUT2D eigenvalue weighted by molar-refractivity contribution is 9.13. The highest BCUT2D eigenvalue weighted by Gasteiger charge is 2.38. The van der Waals surface area contributed by atoms with Crippen LogP contribution in [0.15, 0.2) is 0 Å². The number of Topliss-reactive ketones (excluding diaryl/α,β-unsaturated/α-hetero) is 1. The lowest BCUT2D eigenvalue weighted by molar-refractivity contribution is -0.116. The third kappa shape index (κ3) is 4.05. The third-order valence-corrected chi connectivity index (χ3v) is 18.7. The molecule has 0 saturated carbocycles. The standard InChI is InChI=1S/C7H12Br4OSi/c1-5(12)6(10)7(11)13(2,3-8)4-9/h6-7H,3-4H2,1-2H3. The van der Waals surface area contributed by atoms with E-state index < -0.39 is 8.07 Å². The first-order valence-corrected chi connectivity index (χ1v) is 10.9. The maximum absolute atomic E-state index is 11.2. The molecule has 0 aliphatic heterocycles. The molecule has 2 atom stereocenters. The van der Waals surface area contributed by atoms with Gasteiger partial charge in [-0.15, -0.1) is 0 Å². The lowest BCUT2D eigenvalue weighted by Gasteiger charge is -2.30. The van der Waals surface area contributed by atoms with Crippen LogP contribution in [0.25, 0.3) is 0 Å². The van der Waals surface area contributed by atoms with Gasteiger partial charge in [0.2, 0.25) is 0 Å². The minimum absolute atomic E-state index is 0.0701. The predicted molar refractivity (Wildman–Crippen MR) is 75.3 cm³/mol. The maximum atomic E-state index is 11.2. The quantitative estimate of drug-likeness (QED) is 0.453. The molecule has 0 rings (SSSR count). The van der Waals surface area contributed by atoms with Crippen LogP contribution >= 0.6 is 63.7 Å². The van der Waals surface area contributed by atoms with Gasteiger partial charge in [0, 0.05) is 14.4 Å². The van der Waals surface area contributed by atoms with Gasteiger partial charge in [-0.3, -0.25) is 4.79 Å². The van der Waals surface area contributed by atoms with E-state index in [-0.39, 0.29) is 15.1 Å². The van der Waals surface area contributed by atoms with Gasteiger partial charge >= 0.3 is 0 Å². The molecular weight excluding hydrogens is 448 g/mol. The third-order valence-electron chi connectivity index (χ3n) is 1.92. The van der Waals surface area contributed by atoms with Gasteiger partial charge in [0.1, 0.15) is 5.78 Å². The number of alkyl halides is 4. The molecule has 0 radical (unpaired) electrons. The fraction of sp³-hybridized carbons (Fsp3) is 0.857. The monoisotopic (exact) mass is 456 g/mol. The van der Waals surface area contributed by atoms with Crippen LogP contribution in [0.3, 0.4) is 0 Å². The van der Waals surface area contributed by atoms with Crippen molar-refractivity contribution < 1.29 is 4.79 Å². The van der Waals surface area contributed by atoms with Crippen molar-refractivity contribution in [1.82, 2.24) is 0 Å². The summed E-state index contributed by atoms with van der Waals surface area (Å²) in [5.74, 6) is 0.183. The predicted octanol–water partition coefficient (Wildman–Crippen LogP) is 3.59. The smallest absolute Gasteiger partial charge is 0.144 e. The van der Waals surface area contributed by atoms with E-state index in [0.29, 0.717) is 0 Å². The SMILES string of the molecule is CC(=O)C(Br)C(Br)[Si](C)(CBr)CBr. The maximum Gasteiger partial charge on any atom is 0.144 e. The Labute approximate surface area is 114 Å². The fourth-order valence-corrected chi connectivity index (χ4v) is 12.8. The van der Waals surface area contributed by atoms with Gasteiger partial charge in [0.05, 0.1) is 12.9 Å². The van der Waals surface area contributed by atoms with Crippen molar-refractivity contribution >= 4 is 77.6 Å². The summed E-state index contributed by atoms with van der Waals surface area (Å²) in [6.07, 6.45) is 0. The van der Waals surface area contributed by atoms with Gasteiger partial charge < -0.3 is 0 Å². The highest BCUT2D eigenvalue weighted by atomic mass is 79.9. The molecule has 0 aromatic heterocycles. The Kier molecular flexibility index (Phi) is 7.29. The molecule has 0 spiro atoms. The molecule has 0 aromatic carbocycles. The topological polar surface area (TPSA) is 17.1 Å². The summed E-state index contributed by atoms with van der Waals surface area (Å²) >= 11 is 14.1. The summed E-state index contributed by atoms with van der Waals surface area (Å²) in [4.78, 5) is 13.1. The van der Waals surface area contributed by atoms with Crippen molar-refractivity contribution in [3.8, 4) is 0 Å². The van der Waals surface area contributed by atoms with Gasteiger partial charge in [-0.2, -0.15) is 0 Å². The molecule has 0 heterocycles. The molecule has 0 amide bonds. The zero-order chi connectivity index (χ0) is 10.6. The van der Waals surface area contributed by atoms with Crippen molar-refractivity contribution in [2.45, 2.75) is 22.7 Å². The summed E-state index contributed by atoms with van der Waals surface area (Å²) in [7, 11) is -1.44. The Balaban J connectivity index is 4.54. The number of ketones is 1. The Morgan fingerprint density at radius 3 is 1.92 bits per heavy atom. The molecule has 0 aliphatic rings. The van der Waals surface area contributed by atoms with Crippen molar-refractivity contribution in [1.29, 1.82) is 0 Å². The summed E-state index contributed by atoms with van der Waals surface area (Å²) in [6, 6.07) is 0. The van der Waals surface area contributed by atoms with Crippen molar-refractivity contribution in [3.63, 3.8) is 0 Å². The largest absolute Gasteiger partial charge is 0.299 e. The Hall–Kier alpha value is 1.81. The van der Waals surface area contributed by atoms with E-state index in [1.54, 1.807) is 6.92 Å². The first-order chi connectivity index (χ1) is 5.89. The second-order valence-corrected chi connectivity index (χ2v) is 14.0. The van der Waals surface area contributed by atoms with Crippen molar-refractivity contribution in [2.75, 3.05) is 9.91 Å². The van der Waals surface area contributed by atoms with Gasteiger partial charge in [-0.25, -0.2) is 0 Å². The van der Waals surface area contributed by atoms with Gasteiger partial charge in [-0.05, 0) is 6.92 Å². The van der Waals surface area contributed by atoms with Gasteiger partial charge in [-0.1, -0.05) is 70.3 Å².